The lowest BCUT2D eigenvalue weighted by atomic mass is 10.00. The molecule has 1 aliphatic heterocycles. The van der Waals surface area contributed by atoms with Gasteiger partial charge in [0.1, 0.15) is 6.54 Å². The van der Waals surface area contributed by atoms with E-state index in [9.17, 15) is 22.4 Å². The van der Waals surface area contributed by atoms with Crippen LogP contribution in [0, 0.1) is 0 Å². The SMILES string of the molecule is O=C1C(F)N=C(c2ccccc2Cl)c2cc(Br)ccc2N1CC(F)(F)F. The number of fused-ring (bicyclic) bond motifs is 1. The molecule has 0 radical (unpaired) electrons. The van der Waals surface area contributed by atoms with Crippen molar-refractivity contribution in [2.45, 2.75) is 12.5 Å². The van der Waals surface area contributed by atoms with E-state index >= 15 is 0 Å². The quantitative estimate of drug-likeness (QED) is 0.461. The number of hydrogen-bond donors (Lipinski definition) is 0. The van der Waals surface area contributed by atoms with Crippen molar-refractivity contribution >= 4 is 44.8 Å². The summed E-state index contributed by atoms with van der Waals surface area (Å²) in [6, 6.07) is 10.7. The zero-order valence-corrected chi connectivity index (χ0v) is 15.2. The van der Waals surface area contributed by atoms with Crippen molar-refractivity contribution in [2.24, 2.45) is 4.99 Å². The van der Waals surface area contributed by atoms with Crippen LogP contribution in [0.4, 0.5) is 23.2 Å². The average Bonchev–Trinajstić information content (AvgIpc) is 2.65. The summed E-state index contributed by atoms with van der Waals surface area (Å²) >= 11 is 9.39. The first-order valence-corrected chi connectivity index (χ1v) is 8.49. The second-order valence-electron chi connectivity index (χ2n) is 5.49. The Morgan fingerprint density at radius 3 is 2.50 bits per heavy atom. The predicted molar refractivity (Wildman–Crippen MR) is 94.5 cm³/mol. The van der Waals surface area contributed by atoms with Crippen molar-refractivity contribution < 1.29 is 22.4 Å². The first-order valence-electron chi connectivity index (χ1n) is 7.32. The standard InChI is InChI=1S/C17H10BrClF4N2O/c18-9-5-6-13-11(7-9)14(10-3-1-2-4-12(10)19)24-15(20)16(26)25(13)8-17(21,22)23/h1-7,15H,8H2. The summed E-state index contributed by atoms with van der Waals surface area (Å²) in [6.45, 7) is -1.62. The van der Waals surface area contributed by atoms with E-state index < -0.39 is 24.9 Å². The zero-order valence-electron chi connectivity index (χ0n) is 12.9. The highest BCUT2D eigenvalue weighted by atomic mass is 79.9. The van der Waals surface area contributed by atoms with Crippen LogP contribution in [-0.2, 0) is 4.79 Å². The van der Waals surface area contributed by atoms with Crippen LogP contribution in [0.3, 0.4) is 0 Å². The Morgan fingerprint density at radius 2 is 1.85 bits per heavy atom. The second-order valence-corrected chi connectivity index (χ2v) is 6.82. The van der Waals surface area contributed by atoms with E-state index in [0.29, 0.717) is 14.9 Å². The summed E-state index contributed by atoms with van der Waals surface area (Å²) in [5.41, 5.74) is 0.412. The summed E-state index contributed by atoms with van der Waals surface area (Å²) in [5.74, 6) is -1.38. The minimum Gasteiger partial charge on any atom is -0.298 e. The first kappa shape index (κ1) is 18.8. The molecule has 26 heavy (non-hydrogen) atoms. The Morgan fingerprint density at radius 1 is 1.15 bits per heavy atom. The number of anilines is 1. The number of carbonyl (C=O) groups excluding carboxylic acids is 1. The molecule has 9 heteroatoms. The van der Waals surface area contributed by atoms with Gasteiger partial charge in [-0.2, -0.15) is 13.2 Å². The molecule has 3 rings (SSSR count). The van der Waals surface area contributed by atoms with Gasteiger partial charge < -0.3 is 0 Å². The minimum absolute atomic E-state index is 0.0115. The van der Waals surface area contributed by atoms with Crippen molar-refractivity contribution in [1.29, 1.82) is 0 Å². The molecule has 0 aliphatic carbocycles. The molecule has 0 saturated heterocycles. The van der Waals surface area contributed by atoms with Gasteiger partial charge in [-0.25, -0.2) is 9.38 Å². The lowest BCUT2D eigenvalue weighted by Crippen LogP contribution is -2.42. The van der Waals surface area contributed by atoms with Crippen LogP contribution < -0.4 is 4.90 Å². The van der Waals surface area contributed by atoms with Gasteiger partial charge in [-0.3, -0.25) is 9.69 Å². The molecular formula is C17H10BrClF4N2O. The van der Waals surface area contributed by atoms with E-state index in [1.165, 1.54) is 18.2 Å². The Kier molecular flexibility index (Phi) is 5.07. The number of benzodiazepines with no additional fused rings is 1. The predicted octanol–water partition coefficient (Wildman–Crippen LogP) is 5.14. The van der Waals surface area contributed by atoms with Crippen LogP contribution in [-0.4, -0.2) is 30.6 Å². The molecular weight excluding hydrogens is 440 g/mol. The van der Waals surface area contributed by atoms with E-state index in [-0.39, 0.29) is 22.0 Å². The zero-order chi connectivity index (χ0) is 19.1. The molecule has 2 aromatic carbocycles. The third-order valence-corrected chi connectivity index (χ3v) is 4.51. The number of rotatable bonds is 2. The monoisotopic (exact) mass is 448 g/mol. The van der Waals surface area contributed by atoms with Crippen molar-refractivity contribution in [3.63, 3.8) is 0 Å². The topological polar surface area (TPSA) is 32.7 Å². The molecule has 0 saturated carbocycles. The van der Waals surface area contributed by atoms with E-state index in [4.69, 9.17) is 11.6 Å². The van der Waals surface area contributed by atoms with Crippen LogP contribution in [0.2, 0.25) is 5.02 Å². The van der Waals surface area contributed by atoms with Crippen LogP contribution in [0.25, 0.3) is 0 Å². The van der Waals surface area contributed by atoms with Gasteiger partial charge in [0.15, 0.2) is 0 Å². The van der Waals surface area contributed by atoms with Crippen molar-refractivity contribution in [3.8, 4) is 0 Å². The van der Waals surface area contributed by atoms with Crippen LogP contribution in [0.1, 0.15) is 11.1 Å². The molecule has 1 aliphatic rings. The number of aliphatic imine (C=N–C) groups is 1. The largest absolute Gasteiger partial charge is 0.406 e. The van der Waals surface area contributed by atoms with Crippen molar-refractivity contribution in [2.75, 3.05) is 11.4 Å². The summed E-state index contributed by atoms with van der Waals surface area (Å²) < 4.78 is 53.8. The van der Waals surface area contributed by atoms with Gasteiger partial charge >= 0.3 is 6.18 Å². The molecule has 136 valence electrons. The molecule has 1 amide bonds. The molecule has 0 aromatic heterocycles. The van der Waals surface area contributed by atoms with E-state index in [1.807, 2.05) is 0 Å². The van der Waals surface area contributed by atoms with Gasteiger partial charge in [0.25, 0.3) is 12.2 Å². The van der Waals surface area contributed by atoms with Crippen LogP contribution >= 0.6 is 27.5 Å². The highest BCUT2D eigenvalue weighted by Crippen LogP contribution is 2.34. The number of halogens is 6. The number of hydrogen-bond acceptors (Lipinski definition) is 2. The average molecular weight is 450 g/mol. The van der Waals surface area contributed by atoms with Crippen molar-refractivity contribution in [1.82, 2.24) is 0 Å². The van der Waals surface area contributed by atoms with Crippen LogP contribution in [0.5, 0.6) is 0 Å². The smallest absolute Gasteiger partial charge is 0.298 e. The van der Waals surface area contributed by atoms with E-state index in [2.05, 4.69) is 20.9 Å². The maximum absolute atomic E-state index is 14.4. The third kappa shape index (κ3) is 3.76. The fourth-order valence-electron chi connectivity index (χ4n) is 2.63. The Bertz CT molecular complexity index is 901. The highest BCUT2D eigenvalue weighted by molar-refractivity contribution is 9.10. The summed E-state index contributed by atoms with van der Waals surface area (Å²) in [4.78, 5) is 16.3. The number of nitrogens with zero attached hydrogens (tertiary/aromatic N) is 2. The fourth-order valence-corrected chi connectivity index (χ4v) is 3.22. The molecule has 1 atom stereocenters. The normalized spacial score (nSPS) is 17.6. The van der Waals surface area contributed by atoms with Gasteiger partial charge in [0.2, 0.25) is 0 Å². The Labute approximate surface area is 159 Å². The molecule has 0 N–H and O–H groups in total. The highest BCUT2D eigenvalue weighted by Gasteiger charge is 2.39. The minimum atomic E-state index is -4.70. The Balaban J connectivity index is 2.25. The van der Waals surface area contributed by atoms with E-state index in [0.717, 1.165) is 0 Å². The molecule has 0 fully saturated rings. The van der Waals surface area contributed by atoms with Gasteiger partial charge in [-0.05, 0) is 24.3 Å². The van der Waals surface area contributed by atoms with Crippen molar-refractivity contribution in [3.05, 3.63) is 63.1 Å². The molecule has 0 spiro atoms. The number of carbonyl (C=O) groups is 1. The summed E-state index contributed by atoms with van der Waals surface area (Å²) in [5, 5.41) is 0.237. The number of benzene rings is 2. The lowest BCUT2D eigenvalue weighted by Gasteiger charge is -2.24. The van der Waals surface area contributed by atoms with Gasteiger partial charge in [0.05, 0.1) is 11.4 Å². The fraction of sp³-hybridized carbons (Fsp3) is 0.176. The maximum Gasteiger partial charge on any atom is 0.406 e. The van der Waals surface area contributed by atoms with Crippen LogP contribution in [0.15, 0.2) is 51.9 Å². The lowest BCUT2D eigenvalue weighted by molar-refractivity contribution is -0.135. The molecule has 1 heterocycles. The summed E-state index contributed by atoms with van der Waals surface area (Å²) in [6.07, 6.45) is -7.18. The maximum atomic E-state index is 14.4. The van der Waals surface area contributed by atoms with Gasteiger partial charge in [-0.15, -0.1) is 0 Å². The van der Waals surface area contributed by atoms with Gasteiger partial charge in [0, 0.05) is 20.6 Å². The second kappa shape index (κ2) is 7.00. The molecule has 3 nitrogen and oxygen atoms in total. The summed E-state index contributed by atoms with van der Waals surface area (Å²) in [7, 11) is 0. The van der Waals surface area contributed by atoms with E-state index in [1.54, 1.807) is 24.3 Å². The number of alkyl halides is 4. The molecule has 0 bridgehead atoms. The third-order valence-electron chi connectivity index (χ3n) is 3.68. The van der Waals surface area contributed by atoms with Gasteiger partial charge in [-0.1, -0.05) is 45.7 Å². The number of amides is 1. The first-order chi connectivity index (χ1) is 12.2. The molecule has 1 unspecified atom stereocenters. The molecule has 2 aromatic rings. The Hall–Kier alpha value is -1.93.